The van der Waals surface area contributed by atoms with Gasteiger partial charge in [-0.2, -0.15) is 5.26 Å². The van der Waals surface area contributed by atoms with Gasteiger partial charge in [-0.1, -0.05) is 36.4 Å². The first-order chi connectivity index (χ1) is 11.7. The average Bonchev–Trinajstić information content (AvgIpc) is 3.17. The van der Waals surface area contributed by atoms with Crippen molar-refractivity contribution in [3.8, 4) is 6.07 Å². The molecule has 0 unspecified atom stereocenters. The molecule has 1 aliphatic heterocycles. The Kier molecular flexibility index (Phi) is 3.04. The minimum atomic E-state index is -0.461. The number of fused-ring (bicyclic) bond motifs is 2. The number of hydrogen-bond donors (Lipinski definition) is 2. The van der Waals surface area contributed by atoms with E-state index in [0.29, 0.717) is 16.8 Å². The number of Topliss-reactive ketones (excluding diaryl/α,β-unsaturated/α-hetero) is 1. The number of benzene rings is 2. The number of allylic oxidation sites excluding steroid dienone is 1. The Balaban J connectivity index is 1.92. The zero-order valence-corrected chi connectivity index (χ0v) is 12.5. The molecule has 1 amide bonds. The van der Waals surface area contributed by atoms with Crippen molar-refractivity contribution in [2.45, 2.75) is 0 Å². The highest BCUT2D eigenvalue weighted by Gasteiger charge is 2.31. The van der Waals surface area contributed by atoms with Gasteiger partial charge in [0.25, 0.3) is 5.91 Å². The number of carbonyl (C=O) groups is 2. The van der Waals surface area contributed by atoms with E-state index in [2.05, 4.69) is 10.3 Å². The Hall–Kier alpha value is -3.65. The van der Waals surface area contributed by atoms with Crippen molar-refractivity contribution < 1.29 is 9.59 Å². The van der Waals surface area contributed by atoms with E-state index < -0.39 is 11.7 Å². The van der Waals surface area contributed by atoms with Crippen molar-refractivity contribution in [1.82, 2.24) is 4.98 Å². The molecule has 0 bridgehead atoms. The minimum absolute atomic E-state index is 0.128. The largest absolute Gasteiger partial charge is 0.360 e. The highest BCUT2D eigenvalue weighted by atomic mass is 16.2. The lowest BCUT2D eigenvalue weighted by molar-refractivity contribution is -0.110. The number of H-pyrrole nitrogens is 1. The summed E-state index contributed by atoms with van der Waals surface area (Å²) in [5, 5.41) is 13.0. The second-order valence-electron chi connectivity index (χ2n) is 5.44. The van der Waals surface area contributed by atoms with Gasteiger partial charge in [-0.25, -0.2) is 0 Å². The lowest BCUT2D eigenvalue weighted by Gasteiger charge is -2.02. The van der Waals surface area contributed by atoms with E-state index in [0.717, 1.165) is 10.9 Å². The normalized spacial score (nSPS) is 14.9. The van der Waals surface area contributed by atoms with Crippen LogP contribution >= 0.6 is 0 Å². The number of aromatic nitrogens is 1. The van der Waals surface area contributed by atoms with Gasteiger partial charge >= 0.3 is 0 Å². The Morgan fingerprint density at radius 2 is 1.79 bits per heavy atom. The molecule has 2 heterocycles. The van der Waals surface area contributed by atoms with Crippen LogP contribution in [0.5, 0.6) is 0 Å². The van der Waals surface area contributed by atoms with Gasteiger partial charge in [-0.15, -0.1) is 0 Å². The van der Waals surface area contributed by atoms with Crippen molar-refractivity contribution in [3.63, 3.8) is 0 Å². The molecule has 114 valence electrons. The molecule has 0 spiro atoms. The van der Waals surface area contributed by atoms with Gasteiger partial charge in [0.05, 0.1) is 5.57 Å². The van der Waals surface area contributed by atoms with Crippen LogP contribution in [-0.4, -0.2) is 16.7 Å². The molecule has 0 saturated carbocycles. The smallest absolute Gasteiger partial charge is 0.257 e. The van der Waals surface area contributed by atoms with Gasteiger partial charge in [0.15, 0.2) is 0 Å². The average molecular weight is 313 g/mol. The fraction of sp³-hybridized carbons (Fsp3) is 0. The van der Waals surface area contributed by atoms with Crippen LogP contribution in [0.3, 0.4) is 0 Å². The summed E-state index contributed by atoms with van der Waals surface area (Å²) in [7, 11) is 0. The molecular weight excluding hydrogens is 302 g/mol. The number of aromatic amines is 1. The van der Waals surface area contributed by atoms with E-state index in [-0.39, 0.29) is 11.1 Å². The van der Waals surface area contributed by atoms with Crippen molar-refractivity contribution in [2.24, 2.45) is 0 Å². The number of para-hydroxylation sites is 2. The van der Waals surface area contributed by atoms with Gasteiger partial charge in [0, 0.05) is 33.9 Å². The number of carbonyl (C=O) groups excluding carboxylic acids is 2. The SMILES string of the molecule is N#CC(C(=O)c1c[nH]c2ccccc12)=C1C(=O)Nc2ccccc21. The predicted molar refractivity (Wildman–Crippen MR) is 90.2 cm³/mol. The first-order valence-electron chi connectivity index (χ1n) is 7.36. The van der Waals surface area contributed by atoms with Crippen molar-refractivity contribution in [3.05, 3.63) is 71.4 Å². The number of anilines is 1. The molecule has 0 fully saturated rings. The van der Waals surface area contributed by atoms with Crippen LogP contribution in [-0.2, 0) is 4.79 Å². The number of nitriles is 1. The van der Waals surface area contributed by atoms with Gasteiger partial charge < -0.3 is 10.3 Å². The first kappa shape index (κ1) is 14.0. The summed E-state index contributed by atoms with van der Waals surface area (Å²) in [6.07, 6.45) is 1.57. The predicted octanol–water partition coefficient (Wildman–Crippen LogP) is 3.28. The standard InChI is InChI=1S/C19H11N3O2/c20-9-13(17-12-6-2-4-8-16(12)22-19(17)24)18(23)14-10-21-15-7-3-1-5-11(14)15/h1-8,10,21H,(H,22,24). The highest BCUT2D eigenvalue weighted by molar-refractivity contribution is 6.38. The molecule has 2 aromatic carbocycles. The summed E-state index contributed by atoms with van der Waals surface area (Å²) in [5.41, 5.74) is 2.35. The third-order valence-corrected chi connectivity index (χ3v) is 4.09. The van der Waals surface area contributed by atoms with Crippen LogP contribution in [0, 0.1) is 11.3 Å². The Morgan fingerprint density at radius 3 is 2.62 bits per heavy atom. The number of hydrogen-bond acceptors (Lipinski definition) is 3. The summed E-state index contributed by atoms with van der Waals surface area (Å²) in [6, 6.07) is 16.3. The maximum absolute atomic E-state index is 12.9. The van der Waals surface area contributed by atoms with Crippen LogP contribution in [0.4, 0.5) is 5.69 Å². The third kappa shape index (κ3) is 1.94. The zero-order valence-electron chi connectivity index (χ0n) is 12.5. The molecule has 1 aromatic heterocycles. The van der Waals surface area contributed by atoms with Crippen molar-refractivity contribution in [1.29, 1.82) is 5.26 Å². The fourth-order valence-electron chi connectivity index (χ4n) is 2.98. The summed E-state index contributed by atoms with van der Waals surface area (Å²) >= 11 is 0. The Bertz CT molecular complexity index is 1080. The van der Waals surface area contributed by atoms with E-state index in [1.54, 1.807) is 36.5 Å². The van der Waals surface area contributed by atoms with Crippen LogP contribution in [0.25, 0.3) is 16.5 Å². The molecule has 3 aromatic rings. The quantitative estimate of drug-likeness (QED) is 0.432. The summed E-state index contributed by atoms with van der Waals surface area (Å²) in [6.45, 7) is 0. The minimum Gasteiger partial charge on any atom is -0.360 e. The van der Waals surface area contributed by atoms with E-state index in [1.165, 1.54) is 0 Å². The second kappa shape index (κ2) is 5.21. The number of nitrogens with zero attached hydrogens (tertiary/aromatic N) is 1. The maximum Gasteiger partial charge on any atom is 0.257 e. The lowest BCUT2D eigenvalue weighted by Crippen LogP contribution is -2.10. The third-order valence-electron chi connectivity index (χ3n) is 4.09. The maximum atomic E-state index is 12.9. The molecule has 2 N–H and O–H groups in total. The number of rotatable bonds is 2. The molecule has 1 aliphatic rings. The Morgan fingerprint density at radius 1 is 1.04 bits per heavy atom. The van der Waals surface area contributed by atoms with Gasteiger partial charge in [0.2, 0.25) is 5.78 Å². The molecule has 0 aliphatic carbocycles. The van der Waals surface area contributed by atoms with E-state index in [4.69, 9.17) is 0 Å². The molecule has 0 saturated heterocycles. The second-order valence-corrected chi connectivity index (χ2v) is 5.44. The van der Waals surface area contributed by atoms with Gasteiger partial charge in [-0.3, -0.25) is 9.59 Å². The zero-order chi connectivity index (χ0) is 16.7. The number of nitrogens with one attached hydrogen (secondary N) is 2. The molecular formula is C19H11N3O2. The summed E-state index contributed by atoms with van der Waals surface area (Å²) in [5.74, 6) is -0.891. The van der Waals surface area contributed by atoms with Gasteiger partial charge in [0.1, 0.15) is 11.6 Å². The molecule has 4 rings (SSSR count). The highest BCUT2D eigenvalue weighted by Crippen LogP contribution is 2.35. The first-order valence-corrected chi connectivity index (χ1v) is 7.36. The van der Waals surface area contributed by atoms with Gasteiger partial charge in [-0.05, 0) is 12.1 Å². The molecule has 5 nitrogen and oxygen atoms in total. The number of ketones is 1. The van der Waals surface area contributed by atoms with Crippen LogP contribution in [0.1, 0.15) is 15.9 Å². The van der Waals surface area contributed by atoms with E-state index >= 15 is 0 Å². The molecule has 5 heteroatoms. The van der Waals surface area contributed by atoms with Crippen LogP contribution in [0.2, 0.25) is 0 Å². The molecule has 24 heavy (non-hydrogen) atoms. The summed E-state index contributed by atoms with van der Waals surface area (Å²) < 4.78 is 0. The Labute approximate surface area is 137 Å². The van der Waals surface area contributed by atoms with Crippen molar-refractivity contribution >= 4 is 33.9 Å². The molecule has 0 radical (unpaired) electrons. The van der Waals surface area contributed by atoms with E-state index in [9.17, 15) is 14.9 Å². The number of amides is 1. The topological polar surface area (TPSA) is 85.8 Å². The summed E-state index contributed by atoms with van der Waals surface area (Å²) in [4.78, 5) is 28.2. The monoisotopic (exact) mass is 313 g/mol. The van der Waals surface area contributed by atoms with Crippen LogP contribution < -0.4 is 5.32 Å². The molecule has 0 atom stereocenters. The lowest BCUT2D eigenvalue weighted by atomic mass is 9.95. The fourth-order valence-corrected chi connectivity index (χ4v) is 2.98. The van der Waals surface area contributed by atoms with Crippen LogP contribution in [0.15, 0.2) is 60.3 Å². The van der Waals surface area contributed by atoms with Crippen molar-refractivity contribution in [2.75, 3.05) is 5.32 Å². The van der Waals surface area contributed by atoms with E-state index in [1.807, 2.05) is 24.3 Å².